The average molecular weight is 301 g/mol. The highest BCUT2D eigenvalue weighted by molar-refractivity contribution is 7.89. The fourth-order valence-corrected chi connectivity index (χ4v) is 3.75. The lowest BCUT2D eigenvalue weighted by Gasteiger charge is -2.14. The molecule has 0 aliphatic carbocycles. The smallest absolute Gasteiger partial charge is 0.260 e. The zero-order valence-electron chi connectivity index (χ0n) is 11.9. The highest BCUT2D eigenvalue weighted by Gasteiger charge is 2.22. The standard InChI is InChI=1S/C12H23N5O2S/c1-10-11(9-13)12(16-15-10)20(18,19)14-5-4-8-17-6-2-3-7-17/h14H,2-9,13H2,1H3,(H,15,16). The van der Waals surface area contributed by atoms with Crippen LogP contribution >= 0.6 is 0 Å². The van der Waals surface area contributed by atoms with Gasteiger partial charge in [-0.1, -0.05) is 0 Å². The monoisotopic (exact) mass is 301 g/mol. The molecule has 7 nitrogen and oxygen atoms in total. The van der Waals surface area contributed by atoms with Gasteiger partial charge in [0.2, 0.25) is 0 Å². The second kappa shape index (κ2) is 6.66. The van der Waals surface area contributed by atoms with Crippen molar-refractivity contribution in [1.29, 1.82) is 0 Å². The highest BCUT2D eigenvalue weighted by atomic mass is 32.2. The van der Waals surface area contributed by atoms with Crippen molar-refractivity contribution in [3.8, 4) is 0 Å². The van der Waals surface area contributed by atoms with E-state index in [1.54, 1.807) is 6.92 Å². The average Bonchev–Trinajstić information content (AvgIpc) is 3.04. The number of aryl methyl sites for hydroxylation is 1. The van der Waals surface area contributed by atoms with Crippen LogP contribution in [-0.4, -0.2) is 49.7 Å². The van der Waals surface area contributed by atoms with Crippen molar-refractivity contribution in [1.82, 2.24) is 19.8 Å². The number of hydrogen-bond donors (Lipinski definition) is 3. The van der Waals surface area contributed by atoms with Crippen LogP contribution in [0.5, 0.6) is 0 Å². The molecule has 0 atom stereocenters. The summed E-state index contributed by atoms with van der Waals surface area (Å²) in [6.45, 7) is 5.54. The molecule has 114 valence electrons. The zero-order chi connectivity index (χ0) is 14.6. The first-order valence-corrected chi connectivity index (χ1v) is 8.49. The van der Waals surface area contributed by atoms with Gasteiger partial charge in [-0.3, -0.25) is 5.10 Å². The van der Waals surface area contributed by atoms with Gasteiger partial charge in [-0.25, -0.2) is 13.1 Å². The van der Waals surface area contributed by atoms with E-state index in [0.717, 1.165) is 26.1 Å². The van der Waals surface area contributed by atoms with E-state index in [-0.39, 0.29) is 11.6 Å². The second-order valence-corrected chi connectivity index (χ2v) is 6.82. The van der Waals surface area contributed by atoms with E-state index in [1.807, 2.05) is 0 Å². The summed E-state index contributed by atoms with van der Waals surface area (Å²) >= 11 is 0. The van der Waals surface area contributed by atoms with Crippen molar-refractivity contribution in [2.24, 2.45) is 5.73 Å². The Morgan fingerprint density at radius 3 is 2.75 bits per heavy atom. The summed E-state index contributed by atoms with van der Waals surface area (Å²) in [4.78, 5) is 2.36. The molecular weight excluding hydrogens is 278 g/mol. The van der Waals surface area contributed by atoms with Crippen LogP contribution in [0.4, 0.5) is 0 Å². The number of nitrogens with one attached hydrogen (secondary N) is 2. The molecule has 20 heavy (non-hydrogen) atoms. The number of aromatic nitrogens is 2. The maximum atomic E-state index is 12.2. The predicted octanol–water partition coefficient (Wildman–Crippen LogP) is -0.0590. The van der Waals surface area contributed by atoms with Crippen molar-refractivity contribution in [2.75, 3.05) is 26.2 Å². The third-order valence-corrected chi connectivity index (χ3v) is 5.07. The van der Waals surface area contributed by atoms with Gasteiger partial charge < -0.3 is 10.6 Å². The van der Waals surface area contributed by atoms with Gasteiger partial charge >= 0.3 is 0 Å². The van der Waals surface area contributed by atoms with Crippen molar-refractivity contribution < 1.29 is 8.42 Å². The first kappa shape index (κ1) is 15.4. The first-order chi connectivity index (χ1) is 9.54. The Morgan fingerprint density at radius 2 is 2.10 bits per heavy atom. The molecule has 1 aliphatic heterocycles. The number of H-pyrrole nitrogens is 1. The molecule has 2 rings (SSSR count). The Morgan fingerprint density at radius 1 is 1.40 bits per heavy atom. The summed E-state index contributed by atoms with van der Waals surface area (Å²) in [5.41, 5.74) is 6.82. The van der Waals surface area contributed by atoms with Crippen LogP contribution in [0.2, 0.25) is 0 Å². The molecule has 2 heterocycles. The largest absolute Gasteiger partial charge is 0.326 e. The number of hydrogen-bond acceptors (Lipinski definition) is 5. The highest BCUT2D eigenvalue weighted by Crippen LogP contribution is 2.15. The van der Waals surface area contributed by atoms with Crippen molar-refractivity contribution >= 4 is 10.0 Å². The lowest BCUT2D eigenvalue weighted by Crippen LogP contribution is -2.29. The van der Waals surface area contributed by atoms with Gasteiger partial charge in [0.15, 0.2) is 5.03 Å². The first-order valence-electron chi connectivity index (χ1n) is 7.00. The molecule has 8 heteroatoms. The predicted molar refractivity (Wildman–Crippen MR) is 76.7 cm³/mol. The van der Waals surface area contributed by atoms with Crippen LogP contribution in [0, 0.1) is 6.92 Å². The number of rotatable bonds is 7. The molecule has 0 spiro atoms. The molecule has 0 saturated carbocycles. The summed E-state index contributed by atoms with van der Waals surface area (Å²) in [7, 11) is -3.57. The molecule has 1 aromatic heterocycles. The van der Waals surface area contributed by atoms with E-state index in [9.17, 15) is 8.42 Å². The molecule has 0 radical (unpaired) electrons. The number of nitrogens with zero attached hydrogens (tertiary/aromatic N) is 2. The Labute approximate surface area is 120 Å². The van der Waals surface area contributed by atoms with Crippen molar-refractivity contribution in [3.63, 3.8) is 0 Å². The molecule has 1 fully saturated rings. The Kier molecular flexibility index (Phi) is 5.14. The molecular formula is C12H23N5O2S. The SMILES string of the molecule is Cc1[nH]nc(S(=O)(=O)NCCCN2CCCC2)c1CN. The minimum absolute atomic E-state index is 0.0265. The summed E-state index contributed by atoms with van der Waals surface area (Å²) in [5, 5.41) is 6.55. The molecule has 0 amide bonds. The second-order valence-electron chi connectivity index (χ2n) is 5.14. The number of nitrogens with two attached hydrogens (primary N) is 1. The van der Waals surface area contributed by atoms with Crippen LogP contribution in [0.3, 0.4) is 0 Å². The minimum Gasteiger partial charge on any atom is -0.326 e. The normalized spacial score (nSPS) is 16.9. The van der Waals surface area contributed by atoms with E-state index in [0.29, 0.717) is 17.8 Å². The summed E-state index contributed by atoms with van der Waals surface area (Å²) in [5.74, 6) is 0. The maximum Gasteiger partial charge on any atom is 0.260 e. The molecule has 0 unspecified atom stereocenters. The van der Waals surface area contributed by atoms with Gasteiger partial charge in [-0.05, 0) is 45.8 Å². The lowest BCUT2D eigenvalue weighted by atomic mass is 10.3. The number of aromatic amines is 1. The third-order valence-electron chi connectivity index (χ3n) is 3.64. The van der Waals surface area contributed by atoms with Crippen LogP contribution in [0.25, 0.3) is 0 Å². The van der Waals surface area contributed by atoms with E-state index >= 15 is 0 Å². The molecule has 4 N–H and O–H groups in total. The fraction of sp³-hybridized carbons (Fsp3) is 0.750. The third kappa shape index (κ3) is 3.57. The van der Waals surface area contributed by atoms with Crippen LogP contribution in [0.15, 0.2) is 5.03 Å². The van der Waals surface area contributed by atoms with Crippen LogP contribution in [-0.2, 0) is 16.6 Å². The Bertz CT molecular complexity index is 534. The van der Waals surface area contributed by atoms with Gasteiger partial charge in [0.25, 0.3) is 10.0 Å². The number of likely N-dealkylation sites (tertiary alicyclic amines) is 1. The molecule has 0 bridgehead atoms. The molecule has 1 aliphatic rings. The van der Waals surface area contributed by atoms with Gasteiger partial charge in [-0.2, -0.15) is 5.10 Å². The molecule has 1 aromatic rings. The van der Waals surface area contributed by atoms with Crippen molar-refractivity contribution in [3.05, 3.63) is 11.3 Å². The minimum atomic E-state index is -3.57. The van der Waals surface area contributed by atoms with Gasteiger partial charge in [0, 0.05) is 24.3 Å². The van der Waals surface area contributed by atoms with Crippen LogP contribution < -0.4 is 10.5 Å². The van der Waals surface area contributed by atoms with E-state index in [1.165, 1.54) is 12.8 Å². The summed E-state index contributed by atoms with van der Waals surface area (Å²) in [6, 6.07) is 0. The van der Waals surface area contributed by atoms with Gasteiger partial charge in [0.05, 0.1) is 0 Å². The van der Waals surface area contributed by atoms with Gasteiger partial charge in [-0.15, -0.1) is 0 Å². The number of sulfonamides is 1. The van der Waals surface area contributed by atoms with E-state index < -0.39 is 10.0 Å². The van der Waals surface area contributed by atoms with Crippen molar-refractivity contribution in [2.45, 2.75) is 37.8 Å². The molecule has 0 aromatic carbocycles. The topological polar surface area (TPSA) is 104 Å². The summed E-state index contributed by atoms with van der Waals surface area (Å²) in [6.07, 6.45) is 3.30. The quantitative estimate of drug-likeness (QED) is 0.612. The van der Waals surface area contributed by atoms with E-state index in [2.05, 4.69) is 19.8 Å². The van der Waals surface area contributed by atoms with Crippen LogP contribution in [0.1, 0.15) is 30.5 Å². The zero-order valence-corrected chi connectivity index (χ0v) is 12.7. The Balaban J connectivity index is 1.87. The lowest BCUT2D eigenvalue weighted by molar-refractivity contribution is 0.334. The van der Waals surface area contributed by atoms with E-state index in [4.69, 9.17) is 5.73 Å². The Hall–Kier alpha value is -0.960. The fourth-order valence-electron chi connectivity index (χ4n) is 2.48. The summed E-state index contributed by atoms with van der Waals surface area (Å²) < 4.78 is 26.9. The van der Waals surface area contributed by atoms with Gasteiger partial charge in [0.1, 0.15) is 0 Å². The molecule has 1 saturated heterocycles. The maximum absolute atomic E-state index is 12.2.